The number of hydrogen-bond acceptors (Lipinski definition) is 3. The molecule has 1 heterocycles. The van der Waals surface area contributed by atoms with E-state index in [1.165, 1.54) is 0 Å². The van der Waals surface area contributed by atoms with Crippen LogP contribution in [0.25, 0.3) is 0 Å². The summed E-state index contributed by atoms with van der Waals surface area (Å²) in [5.41, 5.74) is 0.634. The average molecular weight is 301 g/mol. The van der Waals surface area contributed by atoms with E-state index in [0.29, 0.717) is 43.6 Å². The molecule has 118 valence electrons. The molecule has 1 aliphatic heterocycles. The molecule has 0 spiro atoms. The van der Waals surface area contributed by atoms with Crippen LogP contribution in [0.5, 0.6) is 5.75 Å². The smallest absolute Gasteiger partial charge is 0.257 e. The zero-order valence-corrected chi connectivity index (χ0v) is 13.1. The van der Waals surface area contributed by atoms with Gasteiger partial charge in [0.2, 0.25) is 0 Å². The molecular formula is C18H23NO3. The van der Waals surface area contributed by atoms with E-state index < -0.39 is 0 Å². The summed E-state index contributed by atoms with van der Waals surface area (Å²) in [5.74, 6) is 3.51. The summed E-state index contributed by atoms with van der Waals surface area (Å²) in [6, 6.07) is 7.42. The van der Waals surface area contributed by atoms with Gasteiger partial charge in [-0.05, 0) is 31.9 Å². The van der Waals surface area contributed by atoms with Gasteiger partial charge in [0.25, 0.3) is 5.91 Å². The Morgan fingerprint density at radius 2 is 2.27 bits per heavy atom. The first-order chi connectivity index (χ1) is 10.8. The van der Waals surface area contributed by atoms with E-state index in [1.54, 1.807) is 0 Å². The maximum Gasteiger partial charge on any atom is 0.257 e. The Hall–Kier alpha value is -1.99. The molecule has 22 heavy (non-hydrogen) atoms. The van der Waals surface area contributed by atoms with Crippen LogP contribution in [0.4, 0.5) is 0 Å². The molecular weight excluding hydrogens is 278 g/mol. The molecule has 1 fully saturated rings. The minimum Gasteiger partial charge on any atom is -0.493 e. The van der Waals surface area contributed by atoms with Crippen molar-refractivity contribution in [3.05, 3.63) is 29.8 Å². The topological polar surface area (TPSA) is 38.8 Å². The lowest BCUT2D eigenvalue weighted by molar-refractivity contribution is 0.0531. The fraction of sp³-hybridized carbons (Fsp3) is 0.500. The summed E-state index contributed by atoms with van der Waals surface area (Å²) < 4.78 is 11.0. The van der Waals surface area contributed by atoms with Crippen molar-refractivity contribution in [3.63, 3.8) is 0 Å². The molecule has 1 saturated heterocycles. The van der Waals surface area contributed by atoms with E-state index in [-0.39, 0.29) is 5.91 Å². The van der Waals surface area contributed by atoms with Gasteiger partial charge in [-0.15, -0.1) is 6.42 Å². The quantitative estimate of drug-likeness (QED) is 0.599. The third-order valence-electron chi connectivity index (χ3n) is 3.76. The Labute approximate surface area is 132 Å². The number of carbonyl (C=O) groups is 1. The summed E-state index contributed by atoms with van der Waals surface area (Å²) in [7, 11) is 0. The molecule has 0 bridgehead atoms. The SMILES string of the molecule is C#CCOCC1CCCN(C(=O)c2ccccc2OCC)C1. The summed E-state index contributed by atoms with van der Waals surface area (Å²) in [6.45, 7) is 4.90. The van der Waals surface area contributed by atoms with Crippen LogP contribution in [0.3, 0.4) is 0 Å². The van der Waals surface area contributed by atoms with Crippen molar-refractivity contribution in [1.82, 2.24) is 4.90 Å². The number of benzene rings is 1. The molecule has 1 amide bonds. The van der Waals surface area contributed by atoms with Gasteiger partial charge in [0.05, 0.1) is 18.8 Å². The predicted octanol–water partition coefficient (Wildman–Crippen LogP) is 2.59. The number of piperidine rings is 1. The molecule has 1 aliphatic rings. The highest BCUT2D eigenvalue weighted by Crippen LogP contribution is 2.23. The number of carbonyl (C=O) groups excluding carboxylic acids is 1. The van der Waals surface area contributed by atoms with Crippen molar-refractivity contribution in [2.75, 3.05) is 32.9 Å². The first-order valence-corrected chi connectivity index (χ1v) is 7.78. The third-order valence-corrected chi connectivity index (χ3v) is 3.76. The number of para-hydroxylation sites is 1. The van der Waals surface area contributed by atoms with Crippen molar-refractivity contribution in [1.29, 1.82) is 0 Å². The molecule has 1 atom stereocenters. The lowest BCUT2D eigenvalue weighted by Gasteiger charge is -2.33. The third kappa shape index (κ3) is 4.25. The second-order valence-corrected chi connectivity index (χ2v) is 5.41. The zero-order valence-electron chi connectivity index (χ0n) is 13.1. The summed E-state index contributed by atoms with van der Waals surface area (Å²) in [4.78, 5) is 14.6. The highest BCUT2D eigenvalue weighted by molar-refractivity contribution is 5.97. The number of hydrogen-bond donors (Lipinski definition) is 0. The highest BCUT2D eigenvalue weighted by atomic mass is 16.5. The van der Waals surface area contributed by atoms with Crippen LogP contribution in [-0.2, 0) is 4.74 Å². The number of amides is 1. The largest absolute Gasteiger partial charge is 0.493 e. The number of ether oxygens (including phenoxy) is 2. The molecule has 1 aromatic rings. The molecule has 1 aromatic carbocycles. The van der Waals surface area contributed by atoms with Crippen LogP contribution in [0.2, 0.25) is 0 Å². The van der Waals surface area contributed by atoms with Crippen LogP contribution in [0.1, 0.15) is 30.1 Å². The van der Waals surface area contributed by atoms with E-state index in [9.17, 15) is 4.79 Å². The van der Waals surface area contributed by atoms with Crippen molar-refractivity contribution in [3.8, 4) is 18.1 Å². The standard InChI is InChI=1S/C18H23NO3/c1-3-12-21-14-15-8-7-11-19(13-15)18(20)16-9-5-6-10-17(16)22-4-2/h1,5-6,9-10,15H,4,7-8,11-14H2,2H3. The molecule has 0 N–H and O–H groups in total. The number of terminal acetylenes is 1. The molecule has 2 rings (SSSR count). The fourth-order valence-corrected chi connectivity index (χ4v) is 2.77. The first kappa shape index (κ1) is 16.4. The molecule has 0 radical (unpaired) electrons. The molecule has 4 nitrogen and oxygen atoms in total. The van der Waals surface area contributed by atoms with E-state index in [0.717, 1.165) is 19.4 Å². The Morgan fingerprint density at radius 1 is 1.45 bits per heavy atom. The van der Waals surface area contributed by atoms with Gasteiger partial charge in [-0.1, -0.05) is 18.1 Å². The Kier molecular flexibility index (Phi) is 6.29. The zero-order chi connectivity index (χ0) is 15.8. The molecule has 0 aromatic heterocycles. The maximum atomic E-state index is 12.7. The van der Waals surface area contributed by atoms with E-state index in [1.807, 2.05) is 36.1 Å². The summed E-state index contributed by atoms with van der Waals surface area (Å²) >= 11 is 0. The van der Waals surface area contributed by atoms with Crippen molar-refractivity contribution >= 4 is 5.91 Å². The molecule has 1 unspecified atom stereocenters. The van der Waals surface area contributed by atoms with Crippen LogP contribution < -0.4 is 4.74 Å². The predicted molar refractivity (Wildman–Crippen MR) is 85.9 cm³/mol. The van der Waals surface area contributed by atoms with Gasteiger partial charge in [0, 0.05) is 19.0 Å². The van der Waals surface area contributed by atoms with E-state index in [4.69, 9.17) is 15.9 Å². The first-order valence-electron chi connectivity index (χ1n) is 7.78. The Balaban J connectivity index is 2.01. The van der Waals surface area contributed by atoms with Crippen molar-refractivity contribution < 1.29 is 14.3 Å². The van der Waals surface area contributed by atoms with Gasteiger partial charge < -0.3 is 14.4 Å². The number of rotatable bonds is 6. The normalized spacial score (nSPS) is 17.8. The van der Waals surface area contributed by atoms with Crippen LogP contribution >= 0.6 is 0 Å². The molecule has 0 aliphatic carbocycles. The minimum absolute atomic E-state index is 0.0331. The van der Waals surface area contributed by atoms with Crippen LogP contribution in [0.15, 0.2) is 24.3 Å². The van der Waals surface area contributed by atoms with Gasteiger partial charge in [-0.2, -0.15) is 0 Å². The van der Waals surface area contributed by atoms with Gasteiger partial charge in [0.1, 0.15) is 12.4 Å². The van der Waals surface area contributed by atoms with Gasteiger partial charge in [0.15, 0.2) is 0 Å². The Morgan fingerprint density at radius 3 is 3.05 bits per heavy atom. The van der Waals surface area contributed by atoms with Crippen molar-refractivity contribution in [2.24, 2.45) is 5.92 Å². The van der Waals surface area contributed by atoms with E-state index >= 15 is 0 Å². The van der Waals surface area contributed by atoms with Crippen molar-refractivity contribution in [2.45, 2.75) is 19.8 Å². The maximum absolute atomic E-state index is 12.7. The lowest BCUT2D eigenvalue weighted by Crippen LogP contribution is -2.41. The Bertz CT molecular complexity index is 535. The number of nitrogens with zero attached hydrogens (tertiary/aromatic N) is 1. The average Bonchev–Trinajstić information content (AvgIpc) is 2.56. The summed E-state index contributed by atoms with van der Waals surface area (Å²) in [5, 5.41) is 0. The minimum atomic E-state index is 0.0331. The highest BCUT2D eigenvalue weighted by Gasteiger charge is 2.26. The van der Waals surface area contributed by atoms with Crippen LogP contribution in [-0.4, -0.2) is 43.7 Å². The van der Waals surface area contributed by atoms with Crippen LogP contribution in [0, 0.1) is 18.3 Å². The van der Waals surface area contributed by atoms with Gasteiger partial charge in [-0.25, -0.2) is 0 Å². The monoisotopic (exact) mass is 301 g/mol. The van der Waals surface area contributed by atoms with Gasteiger partial charge in [-0.3, -0.25) is 4.79 Å². The fourth-order valence-electron chi connectivity index (χ4n) is 2.77. The second-order valence-electron chi connectivity index (χ2n) is 5.41. The number of likely N-dealkylation sites (tertiary alicyclic amines) is 1. The summed E-state index contributed by atoms with van der Waals surface area (Å²) in [6.07, 6.45) is 7.25. The molecule has 0 saturated carbocycles. The van der Waals surface area contributed by atoms with Gasteiger partial charge >= 0.3 is 0 Å². The van der Waals surface area contributed by atoms with E-state index in [2.05, 4.69) is 5.92 Å². The molecule has 4 heteroatoms. The lowest BCUT2D eigenvalue weighted by atomic mass is 9.98. The second kappa shape index (κ2) is 8.45.